The number of aromatic nitrogens is 2. The highest BCUT2D eigenvalue weighted by molar-refractivity contribution is 6.32. The molecule has 0 amide bonds. The Balaban J connectivity index is 1.58. The molecule has 0 bridgehead atoms. The molecule has 1 aliphatic rings. The number of hydrogen-bond acceptors (Lipinski definition) is 4. The fourth-order valence-corrected chi connectivity index (χ4v) is 2.53. The number of imidazole rings is 1. The molecule has 1 aromatic heterocycles. The van der Waals surface area contributed by atoms with Crippen LogP contribution in [0.4, 0.5) is 0 Å². The first kappa shape index (κ1) is 14.2. The van der Waals surface area contributed by atoms with E-state index in [4.69, 9.17) is 21.1 Å². The molecule has 1 aromatic carbocycles. The molecule has 6 heteroatoms. The van der Waals surface area contributed by atoms with Crippen LogP contribution in [0.15, 0.2) is 30.9 Å². The van der Waals surface area contributed by atoms with E-state index in [9.17, 15) is 0 Å². The third-order valence-corrected chi connectivity index (χ3v) is 3.58. The van der Waals surface area contributed by atoms with E-state index >= 15 is 0 Å². The van der Waals surface area contributed by atoms with Crippen LogP contribution >= 0.6 is 11.6 Å². The van der Waals surface area contributed by atoms with E-state index in [1.807, 2.05) is 29.2 Å². The first-order valence-corrected chi connectivity index (χ1v) is 7.45. The fraction of sp³-hybridized carbons (Fsp3) is 0.400. The Kier molecular flexibility index (Phi) is 4.62. The minimum absolute atomic E-state index is 0.612. The predicted octanol–water partition coefficient (Wildman–Crippen LogP) is 2.49. The molecular formula is C15H18ClN3O2. The summed E-state index contributed by atoms with van der Waals surface area (Å²) in [4.78, 5) is 4.02. The van der Waals surface area contributed by atoms with Crippen LogP contribution in [0.5, 0.6) is 11.5 Å². The van der Waals surface area contributed by atoms with E-state index < -0.39 is 0 Å². The van der Waals surface area contributed by atoms with Gasteiger partial charge in [-0.05, 0) is 17.7 Å². The van der Waals surface area contributed by atoms with Gasteiger partial charge < -0.3 is 19.4 Å². The average molecular weight is 308 g/mol. The number of halogens is 1. The third-order valence-electron chi connectivity index (χ3n) is 3.30. The van der Waals surface area contributed by atoms with E-state index in [2.05, 4.69) is 10.3 Å². The van der Waals surface area contributed by atoms with Gasteiger partial charge in [-0.15, -0.1) is 0 Å². The van der Waals surface area contributed by atoms with Crippen molar-refractivity contribution in [2.75, 3.05) is 19.8 Å². The number of benzene rings is 1. The molecule has 3 rings (SSSR count). The summed E-state index contributed by atoms with van der Waals surface area (Å²) >= 11 is 6.27. The second-order valence-electron chi connectivity index (χ2n) is 4.93. The summed E-state index contributed by atoms with van der Waals surface area (Å²) in [5.74, 6) is 1.41. The largest absolute Gasteiger partial charge is 0.489 e. The maximum atomic E-state index is 6.27. The standard InChI is InChI=1S/C15H18ClN3O2/c16-13-8-12(9-14-15(13)21-7-1-6-20-14)10-17-2-4-19-5-3-18-11-19/h3,5,8-9,11,17H,1-2,4,6-7,10H2. The summed E-state index contributed by atoms with van der Waals surface area (Å²) in [7, 11) is 0. The summed E-state index contributed by atoms with van der Waals surface area (Å²) in [5.41, 5.74) is 1.09. The molecule has 2 aromatic rings. The van der Waals surface area contributed by atoms with E-state index in [-0.39, 0.29) is 0 Å². The van der Waals surface area contributed by atoms with Crippen LogP contribution in [-0.2, 0) is 13.1 Å². The minimum atomic E-state index is 0.612. The molecule has 5 nitrogen and oxygen atoms in total. The normalized spacial score (nSPS) is 14.0. The van der Waals surface area contributed by atoms with Crippen molar-refractivity contribution in [2.45, 2.75) is 19.5 Å². The number of nitrogens with one attached hydrogen (secondary N) is 1. The van der Waals surface area contributed by atoms with E-state index in [1.54, 1.807) is 6.20 Å². The van der Waals surface area contributed by atoms with Crippen molar-refractivity contribution >= 4 is 11.6 Å². The lowest BCUT2D eigenvalue weighted by Gasteiger charge is -2.12. The molecule has 1 aliphatic heterocycles. The molecule has 2 heterocycles. The highest BCUT2D eigenvalue weighted by Crippen LogP contribution is 2.37. The van der Waals surface area contributed by atoms with Crippen LogP contribution in [0.1, 0.15) is 12.0 Å². The monoisotopic (exact) mass is 307 g/mol. The quantitative estimate of drug-likeness (QED) is 0.862. The second-order valence-corrected chi connectivity index (χ2v) is 5.34. The van der Waals surface area contributed by atoms with Crippen LogP contribution < -0.4 is 14.8 Å². The van der Waals surface area contributed by atoms with Gasteiger partial charge in [-0.3, -0.25) is 0 Å². The Morgan fingerprint density at radius 3 is 3.05 bits per heavy atom. The zero-order valence-corrected chi connectivity index (χ0v) is 12.5. The van der Waals surface area contributed by atoms with Gasteiger partial charge in [0.2, 0.25) is 0 Å². The number of hydrogen-bond donors (Lipinski definition) is 1. The Labute approximate surface area is 128 Å². The SMILES string of the molecule is Clc1cc(CNCCn2ccnc2)cc2c1OCCCO2. The second kappa shape index (κ2) is 6.83. The van der Waals surface area contributed by atoms with Crippen molar-refractivity contribution in [1.29, 1.82) is 0 Å². The van der Waals surface area contributed by atoms with E-state index in [0.717, 1.165) is 37.4 Å². The van der Waals surface area contributed by atoms with Gasteiger partial charge in [0.25, 0.3) is 0 Å². The molecule has 0 spiro atoms. The van der Waals surface area contributed by atoms with Crippen molar-refractivity contribution in [2.24, 2.45) is 0 Å². The van der Waals surface area contributed by atoms with Gasteiger partial charge in [-0.1, -0.05) is 11.6 Å². The molecule has 112 valence electrons. The summed E-state index contributed by atoms with van der Waals surface area (Å²) in [6.07, 6.45) is 6.42. The molecule has 0 fully saturated rings. The highest BCUT2D eigenvalue weighted by atomic mass is 35.5. The van der Waals surface area contributed by atoms with Crippen molar-refractivity contribution in [1.82, 2.24) is 14.9 Å². The third kappa shape index (κ3) is 3.68. The smallest absolute Gasteiger partial charge is 0.179 e. The van der Waals surface area contributed by atoms with Gasteiger partial charge in [0.15, 0.2) is 11.5 Å². The average Bonchev–Trinajstić information content (AvgIpc) is 2.87. The Hall–Kier alpha value is -1.72. The first-order valence-electron chi connectivity index (χ1n) is 7.07. The van der Waals surface area contributed by atoms with Crippen molar-refractivity contribution < 1.29 is 9.47 Å². The zero-order chi connectivity index (χ0) is 14.5. The minimum Gasteiger partial charge on any atom is -0.489 e. The van der Waals surface area contributed by atoms with Crippen LogP contribution in [0.2, 0.25) is 5.02 Å². The van der Waals surface area contributed by atoms with E-state index in [0.29, 0.717) is 24.0 Å². The van der Waals surface area contributed by atoms with Crippen molar-refractivity contribution in [3.8, 4) is 11.5 Å². The Morgan fingerprint density at radius 2 is 2.19 bits per heavy atom. The molecule has 1 N–H and O–H groups in total. The topological polar surface area (TPSA) is 48.3 Å². The Morgan fingerprint density at radius 1 is 1.29 bits per heavy atom. The van der Waals surface area contributed by atoms with Gasteiger partial charge in [-0.25, -0.2) is 4.98 Å². The maximum absolute atomic E-state index is 6.27. The van der Waals surface area contributed by atoms with Crippen LogP contribution in [0, 0.1) is 0 Å². The fourth-order valence-electron chi connectivity index (χ4n) is 2.25. The summed E-state index contributed by atoms with van der Waals surface area (Å²) in [6.45, 7) is 3.81. The lowest BCUT2D eigenvalue weighted by atomic mass is 10.2. The number of fused-ring (bicyclic) bond motifs is 1. The molecule has 0 unspecified atom stereocenters. The maximum Gasteiger partial charge on any atom is 0.179 e. The van der Waals surface area contributed by atoms with E-state index in [1.165, 1.54) is 0 Å². The predicted molar refractivity (Wildman–Crippen MR) is 81.0 cm³/mol. The molecule has 0 atom stereocenters. The molecule has 0 saturated heterocycles. The first-order chi connectivity index (χ1) is 10.3. The van der Waals surface area contributed by atoms with Gasteiger partial charge in [-0.2, -0.15) is 0 Å². The van der Waals surface area contributed by atoms with Gasteiger partial charge >= 0.3 is 0 Å². The number of nitrogens with zero attached hydrogens (tertiary/aromatic N) is 2. The zero-order valence-electron chi connectivity index (χ0n) is 11.7. The number of rotatable bonds is 5. The van der Waals surface area contributed by atoms with Gasteiger partial charge in [0.05, 0.1) is 24.6 Å². The molecular weight excluding hydrogens is 290 g/mol. The van der Waals surface area contributed by atoms with Crippen LogP contribution in [0.3, 0.4) is 0 Å². The molecule has 0 saturated carbocycles. The highest BCUT2D eigenvalue weighted by Gasteiger charge is 2.15. The van der Waals surface area contributed by atoms with Crippen LogP contribution in [0.25, 0.3) is 0 Å². The van der Waals surface area contributed by atoms with Crippen LogP contribution in [-0.4, -0.2) is 29.3 Å². The van der Waals surface area contributed by atoms with Gasteiger partial charge in [0.1, 0.15) is 0 Å². The summed E-state index contributed by atoms with van der Waals surface area (Å²) < 4.78 is 13.3. The van der Waals surface area contributed by atoms with Crippen molar-refractivity contribution in [3.63, 3.8) is 0 Å². The number of ether oxygens (including phenoxy) is 2. The molecule has 0 aliphatic carbocycles. The lowest BCUT2D eigenvalue weighted by Crippen LogP contribution is -2.19. The summed E-state index contributed by atoms with van der Waals surface area (Å²) in [6, 6.07) is 3.93. The van der Waals surface area contributed by atoms with Crippen molar-refractivity contribution in [3.05, 3.63) is 41.4 Å². The molecule has 0 radical (unpaired) electrons. The Bertz CT molecular complexity index is 587. The molecule has 21 heavy (non-hydrogen) atoms. The summed E-state index contributed by atoms with van der Waals surface area (Å²) in [5, 5.41) is 4.00. The van der Waals surface area contributed by atoms with Gasteiger partial charge in [0, 0.05) is 38.4 Å². The lowest BCUT2D eigenvalue weighted by molar-refractivity contribution is 0.297.